The molecular weight excluding hydrogens is 242 g/mol. The zero-order chi connectivity index (χ0) is 13.2. The van der Waals surface area contributed by atoms with Gasteiger partial charge in [-0.2, -0.15) is 0 Å². The Balaban J connectivity index is 2.74. The van der Waals surface area contributed by atoms with E-state index in [4.69, 9.17) is 11.6 Å². The fourth-order valence-corrected chi connectivity index (χ4v) is 1.70. The maximum absolute atomic E-state index is 13.6. The largest absolute Gasteiger partial charge is 0.203 e. The first-order valence-corrected chi connectivity index (χ1v) is 6.24. The molecule has 0 nitrogen and oxygen atoms in total. The normalized spacial score (nSPS) is 13.8. The summed E-state index contributed by atoms with van der Waals surface area (Å²) < 4.78 is 26.9. The van der Waals surface area contributed by atoms with Crippen LogP contribution in [0.5, 0.6) is 0 Å². The van der Waals surface area contributed by atoms with Gasteiger partial charge in [-0.05, 0) is 36.3 Å². The Labute approximate surface area is 107 Å². The lowest BCUT2D eigenvalue weighted by Gasteiger charge is -2.25. The Morgan fingerprint density at radius 3 is 2.29 bits per heavy atom. The highest BCUT2D eigenvalue weighted by Gasteiger charge is 2.22. The first kappa shape index (κ1) is 14.4. The van der Waals surface area contributed by atoms with Crippen LogP contribution in [0.1, 0.15) is 38.3 Å². The van der Waals surface area contributed by atoms with Crippen molar-refractivity contribution in [3.8, 4) is 0 Å². The Morgan fingerprint density at radius 2 is 1.76 bits per heavy atom. The second-order valence-electron chi connectivity index (χ2n) is 5.54. The molecular formula is C14H19ClF2. The zero-order valence-corrected chi connectivity index (χ0v) is 11.5. The average Bonchev–Trinajstić information content (AvgIpc) is 2.23. The summed E-state index contributed by atoms with van der Waals surface area (Å²) in [6.07, 6.45) is 1.11. The smallest absolute Gasteiger partial charge is 0.162 e. The van der Waals surface area contributed by atoms with Crippen molar-refractivity contribution in [1.82, 2.24) is 0 Å². The molecule has 0 aliphatic heterocycles. The fraction of sp³-hybridized carbons (Fsp3) is 0.571. The predicted octanol–water partition coefficient (Wildman–Crippen LogP) is 4.86. The van der Waals surface area contributed by atoms with Crippen molar-refractivity contribution in [3.05, 3.63) is 34.9 Å². The molecule has 0 bridgehead atoms. The monoisotopic (exact) mass is 260 g/mol. The molecule has 17 heavy (non-hydrogen) atoms. The maximum atomic E-state index is 13.6. The van der Waals surface area contributed by atoms with Gasteiger partial charge >= 0.3 is 0 Å². The van der Waals surface area contributed by atoms with Crippen LogP contribution >= 0.6 is 11.6 Å². The average molecular weight is 261 g/mol. The molecule has 1 rings (SSSR count). The van der Waals surface area contributed by atoms with Crippen LogP contribution in [-0.2, 0) is 6.42 Å². The van der Waals surface area contributed by atoms with Crippen LogP contribution in [0.4, 0.5) is 8.78 Å². The summed E-state index contributed by atoms with van der Waals surface area (Å²) >= 11 is 6.21. The minimum Gasteiger partial charge on any atom is -0.203 e. The molecule has 0 spiro atoms. The summed E-state index contributed by atoms with van der Waals surface area (Å²) in [7, 11) is 0. The van der Waals surface area contributed by atoms with Gasteiger partial charge in [0.25, 0.3) is 0 Å². The quantitative estimate of drug-likeness (QED) is 0.681. The van der Waals surface area contributed by atoms with E-state index in [2.05, 4.69) is 0 Å². The van der Waals surface area contributed by atoms with E-state index in [0.29, 0.717) is 24.0 Å². The number of halogens is 3. The Bertz CT molecular complexity index is 394. The minimum absolute atomic E-state index is 0.0265. The van der Waals surface area contributed by atoms with Gasteiger partial charge in [0.2, 0.25) is 0 Å². The summed E-state index contributed by atoms with van der Waals surface area (Å²) in [5.74, 6) is -1.48. The van der Waals surface area contributed by atoms with Crippen LogP contribution in [-0.4, -0.2) is 5.38 Å². The van der Waals surface area contributed by atoms with E-state index in [1.165, 1.54) is 0 Å². The predicted molar refractivity (Wildman–Crippen MR) is 68.5 cm³/mol. The van der Waals surface area contributed by atoms with Crippen molar-refractivity contribution >= 4 is 11.6 Å². The molecule has 0 aliphatic carbocycles. The molecule has 1 aromatic carbocycles. The molecule has 0 aliphatic rings. The highest BCUT2D eigenvalue weighted by atomic mass is 35.5. The van der Waals surface area contributed by atoms with E-state index in [0.717, 1.165) is 0 Å². The number of hydrogen-bond donors (Lipinski definition) is 0. The third kappa shape index (κ3) is 3.67. The van der Waals surface area contributed by atoms with Gasteiger partial charge in [0.15, 0.2) is 11.6 Å². The van der Waals surface area contributed by atoms with Crippen molar-refractivity contribution in [2.45, 2.75) is 45.9 Å². The molecule has 0 radical (unpaired) electrons. The maximum Gasteiger partial charge on any atom is 0.162 e. The highest BCUT2D eigenvalue weighted by Crippen LogP contribution is 2.28. The van der Waals surface area contributed by atoms with Crippen LogP contribution < -0.4 is 0 Å². The van der Waals surface area contributed by atoms with Crippen LogP contribution in [0.3, 0.4) is 0 Å². The standard InChI is InChI=1S/C14H19ClF2/c1-9-5-6-10(13(17)12(9)16)7-8-11(15)14(2,3)4/h5-6,11H,7-8H2,1-4H3. The van der Waals surface area contributed by atoms with E-state index in [9.17, 15) is 8.78 Å². The molecule has 3 heteroatoms. The van der Waals surface area contributed by atoms with Crippen molar-refractivity contribution in [3.63, 3.8) is 0 Å². The number of alkyl halides is 1. The number of benzene rings is 1. The van der Waals surface area contributed by atoms with Crippen molar-refractivity contribution in [2.24, 2.45) is 5.41 Å². The van der Waals surface area contributed by atoms with Gasteiger partial charge in [-0.1, -0.05) is 32.9 Å². The lowest BCUT2D eigenvalue weighted by atomic mass is 9.88. The van der Waals surface area contributed by atoms with Crippen molar-refractivity contribution in [1.29, 1.82) is 0 Å². The second-order valence-corrected chi connectivity index (χ2v) is 6.07. The van der Waals surface area contributed by atoms with E-state index in [1.54, 1.807) is 19.1 Å². The molecule has 0 saturated heterocycles. The minimum atomic E-state index is -0.746. The Morgan fingerprint density at radius 1 is 1.18 bits per heavy atom. The van der Waals surface area contributed by atoms with Crippen molar-refractivity contribution in [2.75, 3.05) is 0 Å². The van der Waals surface area contributed by atoms with Gasteiger partial charge in [0.05, 0.1) is 0 Å². The van der Waals surface area contributed by atoms with E-state index in [1.807, 2.05) is 20.8 Å². The van der Waals surface area contributed by atoms with Gasteiger partial charge < -0.3 is 0 Å². The van der Waals surface area contributed by atoms with Gasteiger partial charge in [0, 0.05) is 5.38 Å². The zero-order valence-electron chi connectivity index (χ0n) is 10.8. The number of aryl methyl sites for hydroxylation is 2. The molecule has 0 heterocycles. The van der Waals surface area contributed by atoms with E-state index < -0.39 is 11.6 Å². The van der Waals surface area contributed by atoms with Crippen LogP contribution in [0.25, 0.3) is 0 Å². The SMILES string of the molecule is Cc1ccc(CCC(Cl)C(C)(C)C)c(F)c1F. The topological polar surface area (TPSA) is 0 Å². The van der Waals surface area contributed by atoms with Gasteiger partial charge in [0.1, 0.15) is 0 Å². The lowest BCUT2D eigenvalue weighted by molar-refractivity contribution is 0.372. The van der Waals surface area contributed by atoms with Gasteiger partial charge in [-0.3, -0.25) is 0 Å². The number of hydrogen-bond acceptors (Lipinski definition) is 0. The summed E-state index contributed by atoms with van der Waals surface area (Å²) in [4.78, 5) is 0. The lowest BCUT2D eigenvalue weighted by Crippen LogP contribution is -2.21. The highest BCUT2D eigenvalue weighted by molar-refractivity contribution is 6.21. The Hall–Kier alpha value is -0.630. The molecule has 1 atom stereocenters. The molecule has 0 amide bonds. The summed E-state index contributed by atoms with van der Waals surface area (Å²) in [5, 5.41) is -0.0498. The summed E-state index contributed by atoms with van der Waals surface area (Å²) in [5.41, 5.74) is 0.717. The molecule has 0 aromatic heterocycles. The molecule has 0 N–H and O–H groups in total. The fourth-order valence-electron chi connectivity index (χ4n) is 1.59. The van der Waals surface area contributed by atoms with E-state index >= 15 is 0 Å². The van der Waals surface area contributed by atoms with Crippen molar-refractivity contribution < 1.29 is 8.78 Å². The Kier molecular flexibility index (Phi) is 4.54. The molecule has 0 saturated carbocycles. The third-order valence-corrected chi connectivity index (χ3v) is 3.84. The molecule has 1 aromatic rings. The van der Waals surface area contributed by atoms with E-state index in [-0.39, 0.29) is 10.8 Å². The van der Waals surface area contributed by atoms with Crippen LogP contribution in [0.15, 0.2) is 12.1 Å². The van der Waals surface area contributed by atoms with Gasteiger partial charge in [-0.15, -0.1) is 11.6 Å². The number of rotatable bonds is 3. The summed E-state index contributed by atoms with van der Waals surface area (Å²) in [6, 6.07) is 3.24. The second kappa shape index (κ2) is 5.34. The van der Waals surface area contributed by atoms with Crippen LogP contribution in [0.2, 0.25) is 0 Å². The van der Waals surface area contributed by atoms with Crippen LogP contribution in [0, 0.1) is 24.0 Å². The molecule has 96 valence electrons. The molecule has 1 unspecified atom stereocenters. The summed E-state index contributed by atoms with van der Waals surface area (Å²) in [6.45, 7) is 7.67. The van der Waals surface area contributed by atoms with Gasteiger partial charge in [-0.25, -0.2) is 8.78 Å². The first-order chi connectivity index (χ1) is 7.73. The first-order valence-electron chi connectivity index (χ1n) is 5.81. The third-order valence-electron chi connectivity index (χ3n) is 2.96. The molecule has 0 fully saturated rings.